The number of thioether (sulfide) groups is 1. The van der Waals surface area contributed by atoms with Crippen LogP contribution in [0, 0.1) is 0 Å². The van der Waals surface area contributed by atoms with Gasteiger partial charge in [0.2, 0.25) is 5.91 Å². The number of amides is 1. The lowest BCUT2D eigenvalue weighted by Gasteiger charge is -2.12. The molecule has 5 rings (SSSR count). The Morgan fingerprint density at radius 1 is 0.833 bits per heavy atom. The van der Waals surface area contributed by atoms with Crippen molar-refractivity contribution in [2.24, 2.45) is 0 Å². The van der Waals surface area contributed by atoms with E-state index in [2.05, 4.69) is 15.5 Å². The Labute approximate surface area is 213 Å². The molecule has 7 nitrogen and oxygen atoms in total. The van der Waals surface area contributed by atoms with E-state index in [1.165, 1.54) is 11.8 Å². The molecule has 5 aromatic rings. The van der Waals surface area contributed by atoms with Crippen LogP contribution >= 0.6 is 11.8 Å². The van der Waals surface area contributed by atoms with E-state index in [0.29, 0.717) is 11.0 Å². The number of anilines is 1. The molecule has 0 bridgehead atoms. The second-order valence-corrected chi connectivity index (χ2v) is 8.87. The van der Waals surface area contributed by atoms with Crippen molar-refractivity contribution in [1.29, 1.82) is 0 Å². The predicted molar refractivity (Wildman–Crippen MR) is 143 cm³/mol. The molecule has 1 heterocycles. The maximum atomic E-state index is 12.9. The van der Waals surface area contributed by atoms with Crippen molar-refractivity contribution in [3.05, 3.63) is 91.0 Å². The van der Waals surface area contributed by atoms with Crippen molar-refractivity contribution < 1.29 is 14.3 Å². The number of carbonyl (C=O) groups excluding carboxylic acids is 1. The molecule has 0 saturated heterocycles. The summed E-state index contributed by atoms with van der Waals surface area (Å²) in [6.45, 7) is 0. The van der Waals surface area contributed by atoms with E-state index in [1.54, 1.807) is 14.2 Å². The molecule has 0 spiro atoms. The zero-order valence-electron chi connectivity index (χ0n) is 19.8. The second-order valence-electron chi connectivity index (χ2n) is 7.93. The Balaban J connectivity index is 1.41. The number of ether oxygens (including phenoxy) is 2. The smallest absolute Gasteiger partial charge is 0.234 e. The van der Waals surface area contributed by atoms with Gasteiger partial charge in [0, 0.05) is 22.3 Å². The van der Waals surface area contributed by atoms with Gasteiger partial charge in [-0.3, -0.25) is 9.36 Å². The standard InChI is InChI=1S/C28H24N4O3S/c1-34-22-14-10-20(11-15-22)27-30-31-28(32(27)21-12-16-23(35-2)17-13-21)36-18-26(33)29-25-9-5-7-19-6-3-4-8-24(19)25/h3-17H,18H2,1-2H3,(H,29,33). The van der Waals surface area contributed by atoms with Crippen LogP contribution in [0.1, 0.15) is 0 Å². The Kier molecular flexibility index (Phi) is 6.86. The van der Waals surface area contributed by atoms with Crippen molar-refractivity contribution in [1.82, 2.24) is 14.8 Å². The van der Waals surface area contributed by atoms with Crippen LogP contribution in [0.5, 0.6) is 11.5 Å². The molecule has 0 aliphatic carbocycles. The van der Waals surface area contributed by atoms with Crippen LogP contribution in [-0.4, -0.2) is 40.6 Å². The summed E-state index contributed by atoms with van der Waals surface area (Å²) in [7, 11) is 3.26. The number of hydrogen-bond acceptors (Lipinski definition) is 6. The second kappa shape index (κ2) is 10.5. The number of aromatic nitrogens is 3. The fraction of sp³-hybridized carbons (Fsp3) is 0.107. The molecule has 0 atom stereocenters. The summed E-state index contributed by atoms with van der Waals surface area (Å²) in [5.74, 6) is 2.24. The summed E-state index contributed by atoms with van der Waals surface area (Å²) in [4.78, 5) is 12.9. The minimum absolute atomic E-state index is 0.119. The number of nitrogens with zero attached hydrogens (tertiary/aromatic N) is 3. The van der Waals surface area contributed by atoms with Gasteiger partial charge in [-0.2, -0.15) is 0 Å². The molecule has 8 heteroatoms. The number of benzene rings is 4. The maximum absolute atomic E-state index is 12.9. The molecule has 180 valence electrons. The van der Waals surface area contributed by atoms with E-state index in [-0.39, 0.29) is 11.7 Å². The highest BCUT2D eigenvalue weighted by molar-refractivity contribution is 7.99. The van der Waals surface area contributed by atoms with E-state index >= 15 is 0 Å². The van der Waals surface area contributed by atoms with Gasteiger partial charge in [0.15, 0.2) is 11.0 Å². The van der Waals surface area contributed by atoms with Gasteiger partial charge in [0.05, 0.1) is 20.0 Å². The van der Waals surface area contributed by atoms with Crippen LogP contribution in [0.4, 0.5) is 5.69 Å². The average Bonchev–Trinajstić information content (AvgIpc) is 3.36. The van der Waals surface area contributed by atoms with Crippen molar-refractivity contribution in [2.75, 3.05) is 25.3 Å². The summed E-state index contributed by atoms with van der Waals surface area (Å²) in [5, 5.41) is 14.6. The molecule has 4 aromatic carbocycles. The summed E-state index contributed by atoms with van der Waals surface area (Å²) < 4.78 is 12.5. The van der Waals surface area contributed by atoms with Crippen LogP contribution in [0.2, 0.25) is 0 Å². The third kappa shape index (κ3) is 4.89. The maximum Gasteiger partial charge on any atom is 0.234 e. The molecule has 1 N–H and O–H groups in total. The third-order valence-electron chi connectivity index (χ3n) is 5.71. The number of carbonyl (C=O) groups is 1. The third-order valence-corrected chi connectivity index (χ3v) is 6.64. The fourth-order valence-corrected chi connectivity index (χ4v) is 4.66. The van der Waals surface area contributed by atoms with E-state index < -0.39 is 0 Å². The fourth-order valence-electron chi connectivity index (χ4n) is 3.91. The molecule has 0 radical (unpaired) electrons. The van der Waals surface area contributed by atoms with Crippen molar-refractivity contribution in [3.8, 4) is 28.6 Å². The first-order valence-electron chi connectivity index (χ1n) is 11.3. The van der Waals surface area contributed by atoms with Crippen LogP contribution in [0.3, 0.4) is 0 Å². The van der Waals surface area contributed by atoms with Gasteiger partial charge in [-0.05, 0) is 60.0 Å². The van der Waals surface area contributed by atoms with Gasteiger partial charge < -0.3 is 14.8 Å². The molecular formula is C28H24N4O3S. The van der Waals surface area contributed by atoms with Gasteiger partial charge in [-0.15, -0.1) is 10.2 Å². The Morgan fingerprint density at radius 2 is 1.50 bits per heavy atom. The van der Waals surface area contributed by atoms with Gasteiger partial charge in [-0.1, -0.05) is 48.2 Å². The SMILES string of the molecule is COc1ccc(-c2nnc(SCC(=O)Nc3cccc4ccccc34)n2-c2ccc(OC)cc2)cc1. The van der Waals surface area contributed by atoms with E-state index in [1.807, 2.05) is 95.6 Å². The largest absolute Gasteiger partial charge is 0.497 e. The monoisotopic (exact) mass is 496 g/mol. The molecule has 36 heavy (non-hydrogen) atoms. The summed E-state index contributed by atoms with van der Waals surface area (Å²) >= 11 is 1.33. The molecule has 0 fully saturated rings. The highest BCUT2D eigenvalue weighted by atomic mass is 32.2. The first-order chi connectivity index (χ1) is 17.7. The van der Waals surface area contributed by atoms with E-state index in [0.717, 1.165) is 39.2 Å². The van der Waals surface area contributed by atoms with Crippen LogP contribution < -0.4 is 14.8 Å². The van der Waals surface area contributed by atoms with Gasteiger partial charge in [0.1, 0.15) is 11.5 Å². The van der Waals surface area contributed by atoms with E-state index in [9.17, 15) is 4.79 Å². The first-order valence-corrected chi connectivity index (χ1v) is 12.3. The number of nitrogens with one attached hydrogen (secondary N) is 1. The van der Waals surface area contributed by atoms with Crippen LogP contribution in [-0.2, 0) is 4.79 Å². The normalized spacial score (nSPS) is 10.8. The van der Waals surface area contributed by atoms with Gasteiger partial charge in [-0.25, -0.2) is 0 Å². The predicted octanol–water partition coefficient (Wildman–Crippen LogP) is 5.84. The Morgan fingerprint density at radius 3 is 2.22 bits per heavy atom. The lowest BCUT2D eigenvalue weighted by Crippen LogP contribution is -2.14. The molecule has 1 aromatic heterocycles. The van der Waals surface area contributed by atoms with Crippen molar-refractivity contribution in [3.63, 3.8) is 0 Å². The molecule has 0 aliphatic heterocycles. The Bertz CT molecular complexity index is 1490. The molecule has 0 unspecified atom stereocenters. The quantitative estimate of drug-likeness (QED) is 0.272. The lowest BCUT2D eigenvalue weighted by molar-refractivity contribution is -0.113. The van der Waals surface area contributed by atoms with Crippen LogP contribution in [0.15, 0.2) is 96.2 Å². The topological polar surface area (TPSA) is 78.3 Å². The van der Waals surface area contributed by atoms with Gasteiger partial charge in [0.25, 0.3) is 0 Å². The van der Waals surface area contributed by atoms with Crippen molar-refractivity contribution >= 4 is 34.1 Å². The summed E-state index contributed by atoms with van der Waals surface area (Å²) in [6.07, 6.45) is 0. The first kappa shape index (κ1) is 23.4. The molecule has 0 aliphatic rings. The Hall–Kier alpha value is -4.30. The minimum Gasteiger partial charge on any atom is -0.497 e. The van der Waals surface area contributed by atoms with Crippen molar-refractivity contribution in [2.45, 2.75) is 5.16 Å². The number of hydrogen-bond donors (Lipinski definition) is 1. The molecule has 0 saturated carbocycles. The zero-order chi connectivity index (χ0) is 24.9. The highest BCUT2D eigenvalue weighted by Crippen LogP contribution is 2.30. The zero-order valence-corrected chi connectivity index (χ0v) is 20.7. The minimum atomic E-state index is -0.119. The summed E-state index contributed by atoms with van der Waals surface area (Å²) in [6, 6.07) is 29.1. The number of methoxy groups -OCH3 is 2. The molecular weight excluding hydrogens is 472 g/mol. The van der Waals surface area contributed by atoms with Gasteiger partial charge >= 0.3 is 0 Å². The lowest BCUT2D eigenvalue weighted by atomic mass is 10.1. The van der Waals surface area contributed by atoms with Crippen LogP contribution in [0.25, 0.3) is 27.8 Å². The number of fused-ring (bicyclic) bond motifs is 1. The molecule has 1 amide bonds. The highest BCUT2D eigenvalue weighted by Gasteiger charge is 2.18. The summed E-state index contributed by atoms with van der Waals surface area (Å²) in [5.41, 5.74) is 2.53. The number of rotatable bonds is 8. The average molecular weight is 497 g/mol. The van der Waals surface area contributed by atoms with E-state index in [4.69, 9.17) is 9.47 Å².